The van der Waals surface area contributed by atoms with Gasteiger partial charge in [-0.05, 0) is 42.2 Å². The average Bonchev–Trinajstić information content (AvgIpc) is 3.21. The van der Waals surface area contributed by atoms with Crippen molar-refractivity contribution in [3.63, 3.8) is 0 Å². The maximum Gasteiger partial charge on any atom is 0.261 e. The number of thiophene rings is 1. The fraction of sp³-hybridized carbons (Fsp3) is 0.292. The number of rotatable bonds is 5. The first-order valence-corrected chi connectivity index (χ1v) is 11.0. The lowest BCUT2D eigenvalue weighted by molar-refractivity contribution is 0.0955. The summed E-state index contributed by atoms with van der Waals surface area (Å²) in [6.45, 7) is 4.36. The Bertz CT molecular complexity index is 1040. The van der Waals surface area contributed by atoms with Crippen LogP contribution in [0.15, 0.2) is 54.6 Å². The van der Waals surface area contributed by atoms with Gasteiger partial charge in [0.2, 0.25) is 0 Å². The summed E-state index contributed by atoms with van der Waals surface area (Å²) in [7, 11) is 0. The number of hydrogen-bond donors (Lipinski definition) is 1. The molecule has 0 bridgehead atoms. The summed E-state index contributed by atoms with van der Waals surface area (Å²) in [5.41, 5.74) is 5.10. The SMILES string of the molecule is O=C(NCCCN1CCc2ccccc2C1)c1cc2c(s1)-c1ccccc1OC2. The number of nitrogens with one attached hydrogen (secondary N) is 1. The van der Waals surface area contributed by atoms with E-state index in [-0.39, 0.29) is 5.91 Å². The Morgan fingerprint density at radius 1 is 1.07 bits per heavy atom. The highest BCUT2D eigenvalue weighted by Gasteiger charge is 2.22. The van der Waals surface area contributed by atoms with Crippen molar-refractivity contribution in [3.8, 4) is 16.2 Å². The highest BCUT2D eigenvalue weighted by Crippen LogP contribution is 2.42. The zero-order valence-corrected chi connectivity index (χ0v) is 17.1. The molecule has 29 heavy (non-hydrogen) atoms. The summed E-state index contributed by atoms with van der Waals surface area (Å²) in [6, 6.07) is 18.7. The van der Waals surface area contributed by atoms with Crippen LogP contribution in [0.25, 0.3) is 10.4 Å². The first-order valence-electron chi connectivity index (χ1n) is 10.2. The van der Waals surface area contributed by atoms with Crippen molar-refractivity contribution >= 4 is 17.2 Å². The Balaban J connectivity index is 1.14. The highest BCUT2D eigenvalue weighted by atomic mass is 32.1. The van der Waals surface area contributed by atoms with Crippen LogP contribution in [0.4, 0.5) is 0 Å². The van der Waals surface area contributed by atoms with Crippen molar-refractivity contribution in [1.82, 2.24) is 10.2 Å². The second-order valence-electron chi connectivity index (χ2n) is 7.65. The molecule has 0 saturated carbocycles. The van der Waals surface area contributed by atoms with Gasteiger partial charge in [0.15, 0.2) is 0 Å². The van der Waals surface area contributed by atoms with Crippen LogP contribution in [-0.2, 0) is 19.6 Å². The van der Waals surface area contributed by atoms with Crippen LogP contribution < -0.4 is 10.1 Å². The lowest BCUT2D eigenvalue weighted by atomic mass is 10.00. The molecule has 3 heterocycles. The summed E-state index contributed by atoms with van der Waals surface area (Å²) in [5, 5.41) is 3.09. The van der Waals surface area contributed by atoms with E-state index in [1.165, 1.54) is 11.1 Å². The smallest absolute Gasteiger partial charge is 0.261 e. The summed E-state index contributed by atoms with van der Waals surface area (Å²) in [5.74, 6) is 0.919. The molecule has 5 heteroatoms. The molecule has 0 unspecified atom stereocenters. The number of hydrogen-bond acceptors (Lipinski definition) is 4. The molecule has 0 radical (unpaired) electrons. The number of ether oxygens (including phenoxy) is 1. The van der Waals surface area contributed by atoms with Crippen LogP contribution in [-0.4, -0.2) is 30.4 Å². The molecule has 2 aromatic carbocycles. The van der Waals surface area contributed by atoms with Crippen LogP contribution in [0.1, 0.15) is 32.8 Å². The highest BCUT2D eigenvalue weighted by molar-refractivity contribution is 7.17. The minimum absolute atomic E-state index is 0.0193. The topological polar surface area (TPSA) is 41.6 Å². The van der Waals surface area contributed by atoms with Gasteiger partial charge in [0, 0.05) is 42.2 Å². The molecule has 148 valence electrons. The Labute approximate surface area is 175 Å². The Hall–Kier alpha value is -2.63. The van der Waals surface area contributed by atoms with Crippen LogP contribution in [0.3, 0.4) is 0 Å². The molecule has 1 aromatic heterocycles. The van der Waals surface area contributed by atoms with Crippen molar-refractivity contribution < 1.29 is 9.53 Å². The molecule has 0 aliphatic carbocycles. The molecule has 2 aliphatic heterocycles. The summed E-state index contributed by atoms with van der Waals surface area (Å²) < 4.78 is 5.80. The van der Waals surface area contributed by atoms with E-state index < -0.39 is 0 Å². The van der Waals surface area contributed by atoms with Gasteiger partial charge >= 0.3 is 0 Å². The van der Waals surface area contributed by atoms with Crippen molar-refractivity contribution in [2.75, 3.05) is 19.6 Å². The first-order chi connectivity index (χ1) is 14.3. The van der Waals surface area contributed by atoms with Gasteiger partial charge in [-0.2, -0.15) is 0 Å². The van der Waals surface area contributed by atoms with Gasteiger partial charge in [-0.25, -0.2) is 0 Å². The van der Waals surface area contributed by atoms with Gasteiger partial charge in [0.1, 0.15) is 12.4 Å². The van der Waals surface area contributed by atoms with E-state index in [9.17, 15) is 4.79 Å². The number of nitrogens with zero attached hydrogens (tertiary/aromatic N) is 1. The van der Waals surface area contributed by atoms with Crippen LogP contribution in [0, 0.1) is 0 Å². The predicted octanol–water partition coefficient (Wildman–Crippen LogP) is 4.49. The van der Waals surface area contributed by atoms with Crippen LogP contribution in [0.5, 0.6) is 5.75 Å². The Morgan fingerprint density at radius 2 is 1.90 bits per heavy atom. The number of carbonyl (C=O) groups is 1. The zero-order chi connectivity index (χ0) is 19.6. The maximum atomic E-state index is 12.6. The molecule has 3 aromatic rings. The molecule has 2 aliphatic rings. The van der Waals surface area contributed by atoms with E-state index in [2.05, 4.69) is 40.5 Å². The maximum absolute atomic E-state index is 12.6. The molecular formula is C24H24N2O2S. The predicted molar refractivity (Wildman–Crippen MR) is 116 cm³/mol. The van der Waals surface area contributed by atoms with E-state index in [0.717, 1.165) is 59.1 Å². The molecule has 0 spiro atoms. The molecule has 0 saturated heterocycles. The van der Waals surface area contributed by atoms with Crippen molar-refractivity contribution in [2.24, 2.45) is 0 Å². The van der Waals surface area contributed by atoms with Gasteiger partial charge in [-0.15, -0.1) is 11.3 Å². The lowest BCUT2D eigenvalue weighted by Gasteiger charge is -2.28. The van der Waals surface area contributed by atoms with Gasteiger partial charge < -0.3 is 10.1 Å². The van der Waals surface area contributed by atoms with Gasteiger partial charge in [0.05, 0.1) is 4.88 Å². The van der Waals surface area contributed by atoms with Gasteiger partial charge in [0.25, 0.3) is 5.91 Å². The third kappa shape index (κ3) is 3.80. The van der Waals surface area contributed by atoms with Crippen molar-refractivity contribution in [1.29, 1.82) is 0 Å². The van der Waals surface area contributed by atoms with Gasteiger partial charge in [-0.1, -0.05) is 36.4 Å². The van der Waals surface area contributed by atoms with E-state index in [0.29, 0.717) is 13.2 Å². The van der Waals surface area contributed by atoms with Crippen LogP contribution >= 0.6 is 11.3 Å². The quantitative estimate of drug-likeness (QED) is 0.637. The molecule has 4 nitrogen and oxygen atoms in total. The third-order valence-electron chi connectivity index (χ3n) is 5.69. The standard InChI is InChI=1S/C24H24N2O2S/c27-24(22-14-19-16-28-21-9-4-3-8-20(21)23(19)29-22)25-11-5-12-26-13-10-17-6-1-2-7-18(17)15-26/h1-4,6-9,14H,5,10-13,15-16H2,(H,25,27). The van der Waals surface area contributed by atoms with Gasteiger partial charge in [-0.3, -0.25) is 9.69 Å². The zero-order valence-electron chi connectivity index (χ0n) is 16.3. The molecule has 5 rings (SSSR count). The van der Waals surface area contributed by atoms with Crippen molar-refractivity contribution in [2.45, 2.75) is 26.0 Å². The van der Waals surface area contributed by atoms with Crippen molar-refractivity contribution in [3.05, 3.63) is 76.2 Å². The first kappa shape index (κ1) is 18.4. The fourth-order valence-corrected chi connectivity index (χ4v) is 5.26. The summed E-state index contributed by atoms with van der Waals surface area (Å²) in [4.78, 5) is 17.0. The Kier molecular flexibility index (Phi) is 5.08. The molecule has 1 N–H and O–H groups in total. The number of amides is 1. The number of para-hydroxylation sites is 1. The van der Waals surface area contributed by atoms with Crippen LogP contribution in [0.2, 0.25) is 0 Å². The number of carbonyl (C=O) groups excluding carboxylic acids is 1. The monoisotopic (exact) mass is 404 g/mol. The average molecular weight is 405 g/mol. The second kappa shape index (κ2) is 8.01. The van der Waals surface area contributed by atoms with E-state index in [1.807, 2.05) is 24.3 Å². The number of fused-ring (bicyclic) bond motifs is 4. The normalized spacial score (nSPS) is 15.0. The summed E-state index contributed by atoms with van der Waals surface area (Å²) >= 11 is 1.56. The largest absolute Gasteiger partial charge is 0.488 e. The van der Waals surface area contributed by atoms with E-state index in [1.54, 1.807) is 11.3 Å². The summed E-state index contributed by atoms with van der Waals surface area (Å²) in [6.07, 6.45) is 2.08. The molecule has 0 fully saturated rings. The van der Waals surface area contributed by atoms with E-state index >= 15 is 0 Å². The minimum Gasteiger partial charge on any atom is -0.488 e. The third-order valence-corrected chi connectivity index (χ3v) is 6.90. The Morgan fingerprint density at radius 3 is 2.83 bits per heavy atom. The molecular weight excluding hydrogens is 380 g/mol. The second-order valence-corrected chi connectivity index (χ2v) is 8.71. The fourth-order valence-electron chi connectivity index (χ4n) is 4.15. The minimum atomic E-state index is 0.0193. The number of benzene rings is 2. The molecule has 1 amide bonds. The van der Waals surface area contributed by atoms with E-state index in [4.69, 9.17) is 4.74 Å². The molecule has 0 atom stereocenters. The lowest BCUT2D eigenvalue weighted by Crippen LogP contribution is -2.33.